The van der Waals surface area contributed by atoms with Crippen molar-refractivity contribution in [2.24, 2.45) is 0 Å². The molecule has 116 valence electrons. The van der Waals surface area contributed by atoms with Crippen LogP contribution in [0.2, 0.25) is 0 Å². The van der Waals surface area contributed by atoms with Crippen LogP contribution in [0.5, 0.6) is 0 Å². The highest BCUT2D eigenvalue weighted by Gasteiger charge is 2.11. The summed E-state index contributed by atoms with van der Waals surface area (Å²) in [6.07, 6.45) is 0. The minimum Gasteiger partial charge on any atom is -0.343 e. The van der Waals surface area contributed by atoms with E-state index in [1.54, 1.807) is 4.90 Å². The number of thioether (sulfide) groups is 1. The van der Waals surface area contributed by atoms with Crippen molar-refractivity contribution in [3.63, 3.8) is 0 Å². The average Bonchev–Trinajstić information content (AvgIpc) is 2.43. The number of rotatable bonds is 7. The van der Waals surface area contributed by atoms with E-state index in [4.69, 9.17) is 0 Å². The van der Waals surface area contributed by atoms with E-state index in [0.717, 1.165) is 15.7 Å². The number of nitrogens with zero attached hydrogens (tertiary/aromatic N) is 1. The first-order chi connectivity index (χ1) is 9.97. The zero-order chi connectivity index (χ0) is 15.8. The lowest BCUT2D eigenvalue weighted by Gasteiger charge is -2.18. The van der Waals surface area contributed by atoms with Crippen molar-refractivity contribution >= 4 is 45.2 Å². The van der Waals surface area contributed by atoms with Crippen molar-refractivity contribution in [1.29, 1.82) is 0 Å². The molecule has 1 aromatic carbocycles. The van der Waals surface area contributed by atoms with Crippen LogP contribution in [0.3, 0.4) is 0 Å². The molecule has 0 aliphatic heterocycles. The summed E-state index contributed by atoms with van der Waals surface area (Å²) in [6, 6.07) is 5.70. The maximum absolute atomic E-state index is 11.9. The summed E-state index contributed by atoms with van der Waals surface area (Å²) in [4.78, 5) is 25.4. The molecule has 0 atom stereocenters. The Kier molecular flexibility index (Phi) is 7.82. The lowest BCUT2D eigenvalue weighted by atomic mass is 10.2. The van der Waals surface area contributed by atoms with Crippen LogP contribution in [-0.2, 0) is 9.59 Å². The molecule has 21 heavy (non-hydrogen) atoms. The van der Waals surface area contributed by atoms with Gasteiger partial charge < -0.3 is 10.2 Å². The van der Waals surface area contributed by atoms with Gasteiger partial charge in [0.1, 0.15) is 0 Å². The first-order valence-electron chi connectivity index (χ1n) is 6.89. The molecule has 1 N–H and O–H groups in total. The van der Waals surface area contributed by atoms with Gasteiger partial charge in [-0.3, -0.25) is 9.59 Å². The van der Waals surface area contributed by atoms with Crippen LogP contribution in [-0.4, -0.2) is 41.3 Å². The second-order valence-electron chi connectivity index (χ2n) is 4.57. The molecule has 6 heteroatoms. The highest BCUT2D eigenvalue weighted by atomic mass is 79.9. The molecule has 0 radical (unpaired) electrons. The predicted molar refractivity (Wildman–Crippen MR) is 92.8 cm³/mol. The standard InChI is InChI=1S/C15H21BrN2O2S/c1-4-18(5-2)15(20)10-21-9-14(19)17-13-7-6-12(16)8-11(13)3/h6-8H,4-5,9-10H2,1-3H3,(H,17,19). The number of nitrogens with one attached hydrogen (secondary N) is 1. The molecule has 0 unspecified atom stereocenters. The summed E-state index contributed by atoms with van der Waals surface area (Å²) in [5.74, 6) is 0.618. The Morgan fingerprint density at radius 2 is 1.90 bits per heavy atom. The van der Waals surface area contributed by atoms with E-state index in [2.05, 4.69) is 21.2 Å². The minimum atomic E-state index is -0.0854. The Hall–Kier alpha value is -1.01. The molecule has 0 saturated heterocycles. The lowest BCUT2D eigenvalue weighted by molar-refractivity contribution is -0.127. The molecule has 0 aliphatic rings. The fourth-order valence-electron chi connectivity index (χ4n) is 1.85. The topological polar surface area (TPSA) is 49.4 Å². The smallest absolute Gasteiger partial charge is 0.234 e. The van der Waals surface area contributed by atoms with E-state index in [9.17, 15) is 9.59 Å². The maximum atomic E-state index is 11.9. The molecule has 2 amide bonds. The average molecular weight is 373 g/mol. The first-order valence-corrected chi connectivity index (χ1v) is 8.84. The van der Waals surface area contributed by atoms with Gasteiger partial charge >= 0.3 is 0 Å². The Morgan fingerprint density at radius 1 is 1.24 bits per heavy atom. The number of hydrogen-bond donors (Lipinski definition) is 1. The van der Waals surface area contributed by atoms with E-state index >= 15 is 0 Å². The summed E-state index contributed by atoms with van der Waals surface area (Å²) in [7, 11) is 0. The van der Waals surface area contributed by atoms with Gasteiger partial charge in [-0.2, -0.15) is 0 Å². The van der Waals surface area contributed by atoms with Gasteiger partial charge in [-0.15, -0.1) is 11.8 Å². The van der Waals surface area contributed by atoms with Gasteiger partial charge in [0.15, 0.2) is 0 Å². The lowest BCUT2D eigenvalue weighted by Crippen LogP contribution is -2.32. The Labute approximate surface area is 138 Å². The Balaban J connectivity index is 2.39. The molecule has 0 bridgehead atoms. The minimum absolute atomic E-state index is 0.0811. The quantitative estimate of drug-likeness (QED) is 0.798. The van der Waals surface area contributed by atoms with Gasteiger partial charge in [0, 0.05) is 23.2 Å². The van der Waals surface area contributed by atoms with Gasteiger partial charge in [-0.05, 0) is 44.5 Å². The predicted octanol–water partition coefficient (Wildman–Crippen LogP) is 3.30. The van der Waals surface area contributed by atoms with E-state index in [0.29, 0.717) is 18.8 Å². The molecular formula is C15H21BrN2O2S. The van der Waals surface area contributed by atoms with Crippen molar-refractivity contribution in [3.8, 4) is 0 Å². The summed E-state index contributed by atoms with van der Waals surface area (Å²) < 4.78 is 0.984. The molecule has 0 fully saturated rings. The number of anilines is 1. The third-order valence-electron chi connectivity index (χ3n) is 3.04. The summed E-state index contributed by atoms with van der Waals surface area (Å²) in [5, 5.41) is 2.86. The Bertz CT molecular complexity index is 504. The van der Waals surface area contributed by atoms with Gasteiger partial charge in [-0.1, -0.05) is 15.9 Å². The van der Waals surface area contributed by atoms with Gasteiger partial charge in [0.25, 0.3) is 0 Å². The van der Waals surface area contributed by atoms with Crippen LogP contribution < -0.4 is 5.32 Å². The van der Waals surface area contributed by atoms with Crippen molar-refractivity contribution in [2.75, 3.05) is 29.9 Å². The van der Waals surface area contributed by atoms with E-state index in [1.807, 2.05) is 39.0 Å². The summed E-state index contributed by atoms with van der Waals surface area (Å²) in [5.41, 5.74) is 1.81. The van der Waals surface area contributed by atoms with Crippen molar-refractivity contribution < 1.29 is 9.59 Å². The van der Waals surface area contributed by atoms with Crippen LogP contribution >= 0.6 is 27.7 Å². The van der Waals surface area contributed by atoms with Crippen LogP contribution in [0.1, 0.15) is 19.4 Å². The van der Waals surface area contributed by atoms with Crippen LogP contribution in [0.4, 0.5) is 5.69 Å². The zero-order valence-electron chi connectivity index (χ0n) is 12.6. The summed E-state index contributed by atoms with van der Waals surface area (Å²) >= 11 is 4.73. The number of carbonyl (C=O) groups is 2. The van der Waals surface area contributed by atoms with E-state index in [-0.39, 0.29) is 17.6 Å². The number of halogens is 1. The SMILES string of the molecule is CCN(CC)C(=O)CSCC(=O)Nc1ccc(Br)cc1C. The van der Waals surface area contributed by atoms with E-state index in [1.165, 1.54) is 11.8 Å². The molecule has 1 aromatic rings. The molecule has 0 saturated carbocycles. The van der Waals surface area contributed by atoms with Gasteiger partial charge in [-0.25, -0.2) is 0 Å². The van der Waals surface area contributed by atoms with Crippen LogP contribution in [0.25, 0.3) is 0 Å². The third-order valence-corrected chi connectivity index (χ3v) is 4.45. The molecule has 0 heterocycles. The number of benzene rings is 1. The Morgan fingerprint density at radius 3 is 2.48 bits per heavy atom. The van der Waals surface area contributed by atoms with Crippen molar-refractivity contribution in [3.05, 3.63) is 28.2 Å². The highest BCUT2D eigenvalue weighted by Crippen LogP contribution is 2.20. The third kappa shape index (κ3) is 6.09. The largest absolute Gasteiger partial charge is 0.343 e. The second kappa shape index (κ2) is 9.10. The van der Waals surface area contributed by atoms with Crippen LogP contribution in [0, 0.1) is 6.92 Å². The fraction of sp³-hybridized carbons (Fsp3) is 0.467. The molecule has 0 aromatic heterocycles. The number of aryl methyl sites for hydroxylation is 1. The normalized spacial score (nSPS) is 10.3. The van der Waals surface area contributed by atoms with E-state index < -0.39 is 0 Å². The number of hydrogen-bond acceptors (Lipinski definition) is 3. The molecular weight excluding hydrogens is 352 g/mol. The number of carbonyl (C=O) groups excluding carboxylic acids is 2. The molecule has 1 rings (SSSR count). The fourth-order valence-corrected chi connectivity index (χ4v) is 3.04. The zero-order valence-corrected chi connectivity index (χ0v) is 15.0. The molecule has 4 nitrogen and oxygen atoms in total. The molecule has 0 spiro atoms. The first kappa shape index (κ1) is 18.0. The van der Waals surface area contributed by atoms with Crippen LogP contribution in [0.15, 0.2) is 22.7 Å². The second-order valence-corrected chi connectivity index (χ2v) is 6.47. The van der Waals surface area contributed by atoms with Crippen molar-refractivity contribution in [2.45, 2.75) is 20.8 Å². The maximum Gasteiger partial charge on any atom is 0.234 e. The highest BCUT2D eigenvalue weighted by molar-refractivity contribution is 9.10. The van der Waals surface area contributed by atoms with Gasteiger partial charge in [0.2, 0.25) is 11.8 Å². The van der Waals surface area contributed by atoms with Gasteiger partial charge in [0.05, 0.1) is 11.5 Å². The summed E-state index contributed by atoms with van der Waals surface area (Å²) in [6.45, 7) is 7.27. The van der Waals surface area contributed by atoms with Crippen molar-refractivity contribution in [1.82, 2.24) is 4.90 Å². The molecule has 0 aliphatic carbocycles. The monoisotopic (exact) mass is 372 g/mol. The number of amides is 2.